The third kappa shape index (κ3) is 2.76. The van der Waals surface area contributed by atoms with Gasteiger partial charge in [-0.05, 0) is 25.8 Å². The Labute approximate surface area is 90.3 Å². The van der Waals surface area contributed by atoms with E-state index in [9.17, 15) is 0 Å². The Bertz CT molecular complexity index is 280. The lowest BCUT2D eigenvalue weighted by Gasteiger charge is -2.26. The molecule has 2 rings (SSSR count). The van der Waals surface area contributed by atoms with Crippen LogP contribution in [-0.4, -0.2) is 45.8 Å². The van der Waals surface area contributed by atoms with E-state index in [4.69, 9.17) is 5.73 Å². The Hall–Kier alpha value is -0.940. The Morgan fingerprint density at radius 1 is 1.60 bits per heavy atom. The summed E-state index contributed by atoms with van der Waals surface area (Å²) in [5.41, 5.74) is 5.79. The standard InChI is InChI=1S/C10H19N5/c1-14(10(6-11)9-2-3-9)4-5-15-8-12-7-13-15/h7-10H,2-6,11H2,1H3. The highest BCUT2D eigenvalue weighted by molar-refractivity contribution is 4.87. The van der Waals surface area contributed by atoms with Gasteiger partial charge in [-0.1, -0.05) is 0 Å². The van der Waals surface area contributed by atoms with E-state index in [0.29, 0.717) is 6.04 Å². The SMILES string of the molecule is CN(CCn1cncn1)C(CN)C1CC1. The van der Waals surface area contributed by atoms with Crippen molar-refractivity contribution in [2.24, 2.45) is 11.7 Å². The highest BCUT2D eigenvalue weighted by Crippen LogP contribution is 2.34. The van der Waals surface area contributed by atoms with Gasteiger partial charge in [0.05, 0.1) is 6.54 Å². The smallest absolute Gasteiger partial charge is 0.137 e. The molecule has 0 amide bonds. The molecule has 0 bridgehead atoms. The van der Waals surface area contributed by atoms with Crippen LogP contribution in [0, 0.1) is 5.92 Å². The van der Waals surface area contributed by atoms with E-state index >= 15 is 0 Å². The summed E-state index contributed by atoms with van der Waals surface area (Å²) < 4.78 is 1.86. The second-order valence-corrected chi connectivity index (χ2v) is 4.28. The van der Waals surface area contributed by atoms with Crippen molar-refractivity contribution in [3.63, 3.8) is 0 Å². The first-order valence-corrected chi connectivity index (χ1v) is 5.54. The Balaban J connectivity index is 1.77. The third-order valence-electron chi connectivity index (χ3n) is 3.12. The fourth-order valence-corrected chi connectivity index (χ4v) is 1.99. The average Bonchev–Trinajstić information content (AvgIpc) is 2.93. The molecular formula is C10H19N5. The molecule has 1 atom stereocenters. The summed E-state index contributed by atoms with van der Waals surface area (Å²) in [7, 11) is 2.15. The first-order chi connectivity index (χ1) is 7.31. The van der Waals surface area contributed by atoms with E-state index < -0.39 is 0 Å². The predicted molar refractivity (Wildman–Crippen MR) is 58.2 cm³/mol. The van der Waals surface area contributed by atoms with Gasteiger partial charge in [-0.2, -0.15) is 5.10 Å². The third-order valence-corrected chi connectivity index (χ3v) is 3.12. The highest BCUT2D eigenvalue weighted by atomic mass is 15.3. The first-order valence-electron chi connectivity index (χ1n) is 5.54. The summed E-state index contributed by atoms with van der Waals surface area (Å²) in [5, 5.41) is 4.08. The van der Waals surface area contributed by atoms with Gasteiger partial charge in [0.2, 0.25) is 0 Å². The number of nitrogens with zero attached hydrogens (tertiary/aromatic N) is 4. The minimum absolute atomic E-state index is 0.550. The number of aromatic nitrogens is 3. The Morgan fingerprint density at radius 3 is 2.93 bits per heavy atom. The molecule has 5 heteroatoms. The second kappa shape index (κ2) is 4.72. The fourth-order valence-electron chi connectivity index (χ4n) is 1.99. The molecule has 0 radical (unpaired) electrons. The van der Waals surface area contributed by atoms with E-state index in [-0.39, 0.29) is 0 Å². The van der Waals surface area contributed by atoms with Crippen LogP contribution in [0.15, 0.2) is 12.7 Å². The van der Waals surface area contributed by atoms with Gasteiger partial charge >= 0.3 is 0 Å². The first kappa shape index (κ1) is 10.6. The van der Waals surface area contributed by atoms with Crippen LogP contribution in [0.1, 0.15) is 12.8 Å². The van der Waals surface area contributed by atoms with Crippen molar-refractivity contribution in [2.45, 2.75) is 25.4 Å². The van der Waals surface area contributed by atoms with E-state index in [0.717, 1.165) is 25.6 Å². The van der Waals surface area contributed by atoms with Crippen LogP contribution in [-0.2, 0) is 6.54 Å². The molecule has 5 nitrogen and oxygen atoms in total. The normalized spacial score (nSPS) is 18.3. The summed E-state index contributed by atoms with van der Waals surface area (Å²) in [6.45, 7) is 2.64. The van der Waals surface area contributed by atoms with Crippen LogP contribution in [0.2, 0.25) is 0 Å². The molecule has 0 spiro atoms. The van der Waals surface area contributed by atoms with Crippen molar-refractivity contribution < 1.29 is 0 Å². The summed E-state index contributed by atoms with van der Waals surface area (Å²) in [5.74, 6) is 0.829. The molecule has 1 fully saturated rings. The van der Waals surface area contributed by atoms with Gasteiger partial charge in [-0.3, -0.25) is 4.68 Å². The number of likely N-dealkylation sites (N-methyl/N-ethyl adjacent to an activating group) is 1. The summed E-state index contributed by atoms with van der Waals surface area (Å²) in [6, 6.07) is 0.550. The van der Waals surface area contributed by atoms with Gasteiger partial charge in [0, 0.05) is 19.1 Å². The van der Waals surface area contributed by atoms with Gasteiger partial charge in [0.25, 0.3) is 0 Å². The van der Waals surface area contributed by atoms with Crippen LogP contribution < -0.4 is 5.73 Å². The number of rotatable bonds is 6. The number of hydrogen-bond donors (Lipinski definition) is 1. The van der Waals surface area contributed by atoms with Crippen molar-refractivity contribution >= 4 is 0 Å². The minimum atomic E-state index is 0.550. The highest BCUT2D eigenvalue weighted by Gasteiger charge is 2.32. The van der Waals surface area contributed by atoms with Crippen molar-refractivity contribution in [3.05, 3.63) is 12.7 Å². The zero-order valence-corrected chi connectivity index (χ0v) is 9.21. The van der Waals surface area contributed by atoms with Crippen molar-refractivity contribution in [1.29, 1.82) is 0 Å². The molecule has 1 aromatic rings. The molecule has 84 valence electrons. The maximum Gasteiger partial charge on any atom is 0.137 e. The maximum absolute atomic E-state index is 5.79. The topological polar surface area (TPSA) is 60.0 Å². The number of hydrogen-bond acceptors (Lipinski definition) is 4. The molecule has 15 heavy (non-hydrogen) atoms. The molecular weight excluding hydrogens is 190 g/mol. The van der Waals surface area contributed by atoms with Crippen LogP contribution in [0.4, 0.5) is 0 Å². The van der Waals surface area contributed by atoms with Gasteiger partial charge in [0.1, 0.15) is 12.7 Å². The van der Waals surface area contributed by atoms with Crippen molar-refractivity contribution in [1.82, 2.24) is 19.7 Å². The van der Waals surface area contributed by atoms with Crippen molar-refractivity contribution in [3.8, 4) is 0 Å². The van der Waals surface area contributed by atoms with Gasteiger partial charge in [0.15, 0.2) is 0 Å². The molecule has 1 unspecified atom stereocenters. The monoisotopic (exact) mass is 209 g/mol. The fraction of sp³-hybridized carbons (Fsp3) is 0.800. The molecule has 0 aromatic carbocycles. The molecule has 1 aliphatic carbocycles. The maximum atomic E-state index is 5.79. The predicted octanol–water partition coefficient (Wildman–Crippen LogP) is -0.0528. The van der Waals surface area contributed by atoms with Gasteiger partial charge in [-0.15, -0.1) is 0 Å². The van der Waals surface area contributed by atoms with Crippen LogP contribution in [0.5, 0.6) is 0 Å². The van der Waals surface area contributed by atoms with E-state index in [1.165, 1.54) is 12.8 Å². The van der Waals surface area contributed by atoms with E-state index in [1.807, 2.05) is 4.68 Å². The van der Waals surface area contributed by atoms with Gasteiger partial charge < -0.3 is 10.6 Å². The average molecular weight is 209 g/mol. The zero-order valence-electron chi connectivity index (χ0n) is 9.21. The minimum Gasteiger partial charge on any atom is -0.329 e. The summed E-state index contributed by atoms with van der Waals surface area (Å²) >= 11 is 0. The Kier molecular flexibility index (Phi) is 3.33. The quantitative estimate of drug-likeness (QED) is 0.713. The zero-order chi connectivity index (χ0) is 10.7. The molecule has 0 saturated heterocycles. The summed E-state index contributed by atoms with van der Waals surface area (Å²) in [4.78, 5) is 6.27. The van der Waals surface area contributed by atoms with Crippen molar-refractivity contribution in [2.75, 3.05) is 20.1 Å². The summed E-state index contributed by atoms with van der Waals surface area (Å²) in [6.07, 6.45) is 6.01. The molecule has 1 heterocycles. The molecule has 1 aliphatic rings. The van der Waals surface area contributed by atoms with Gasteiger partial charge in [-0.25, -0.2) is 4.98 Å². The lowest BCUT2D eigenvalue weighted by Crippen LogP contribution is -2.41. The van der Waals surface area contributed by atoms with E-state index in [2.05, 4.69) is 22.0 Å². The molecule has 2 N–H and O–H groups in total. The molecule has 0 aliphatic heterocycles. The van der Waals surface area contributed by atoms with Crippen LogP contribution in [0.3, 0.4) is 0 Å². The molecule has 1 saturated carbocycles. The van der Waals surface area contributed by atoms with E-state index in [1.54, 1.807) is 12.7 Å². The Morgan fingerprint density at radius 2 is 2.40 bits per heavy atom. The second-order valence-electron chi connectivity index (χ2n) is 4.28. The number of nitrogens with two attached hydrogens (primary N) is 1. The largest absolute Gasteiger partial charge is 0.329 e. The van der Waals surface area contributed by atoms with Crippen LogP contribution >= 0.6 is 0 Å². The lowest BCUT2D eigenvalue weighted by atomic mass is 10.1. The molecule has 1 aromatic heterocycles. The lowest BCUT2D eigenvalue weighted by molar-refractivity contribution is 0.213. The van der Waals surface area contributed by atoms with Crippen LogP contribution in [0.25, 0.3) is 0 Å².